The van der Waals surface area contributed by atoms with Crippen molar-refractivity contribution in [3.8, 4) is 0 Å². The van der Waals surface area contributed by atoms with Gasteiger partial charge in [0.2, 0.25) is 0 Å². The number of aryl methyl sites for hydroxylation is 1. The fourth-order valence-corrected chi connectivity index (χ4v) is 1.97. The summed E-state index contributed by atoms with van der Waals surface area (Å²) in [6.45, 7) is 5.30. The van der Waals surface area contributed by atoms with Gasteiger partial charge in [-0.15, -0.1) is 0 Å². The van der Waals surface area contributed by atoms with E-state index in [0.717, 1.165) is 12.2 Å². The van der Waals surface area contributed by atoms with Crippen molar-refractivity contribution in [1.29, 1.82) is 0 Å². The molecule has 4 nitrogen and oxygen atoms in total. The standard InChI is InChI=1S/C15H17NO3/c1-3-16(12-6-4-11(2)5-7-12)10-14-13(15(17)18)8-9-19-14/h4-9H,3,10H2,1-2H3,(H,17,18). The van der Waals surface area contributed by atoms with Crippen molar-refractivity contribution in [3.05, 3.63) is 53.5 Å². The lowest BCUT2D eigenvalue weighted by Crippen LogP contribution is -2.22. The minimum Gasteiger partial charge on any atom is -0.478 e. The number of furan rings is 1. The zero-order valence-electron chi connectivity index (χ0n) is 11.1. The molecule has 0 saturated carbocycles. The van der Waals surface area contributed by atoms with Crippen LogP contribution in [-0.4, -0.2) is 17.6 Å². The maximum absolute atomic E-state index is 11.1. The van der Waals surface area contributed by atoms with Gasteiger partial charge in [0.25, 0.3) is 0 Å². The number of rotatable bonds is 5. The molecule has 0 aliphatic heterocycles. The fraction of sp³-hybridized carbons (Fsp3) is 0.267. The number of carbonyl (C=O) groups is 1. The number of aromatic carboxylic acids is 1. The minimum atomic E-state index is -0.955. The Morgan fingerprint density at radius 3 is 2.53 bits per heavy atom. The Morgan fingerprint density at radius 2 is 1.95 bits per heavy atom. The SMILES string of the molecule is CCN(Cc1occc1C(=O)O)c1ccc(C)cc1. The molecule has 1 aromatic carbocycles. The van der Waals surface area contributed by atoms with Crippen molar-refractivity contribution < 1.29 is 14.3 Å². The molecule has 100 valence electrons. The van der Waals surface area contributed by atoms with Crippen LogP contribution in [0.4, 0.5) is 5.69 Å². The van der Waals surface area contributed by atoms with Crippen LogP contribution >= 0.6 is 0 Å². The molecule has 19 heavy (non-hydrogen) atoms. The Bertz CT molecular complexity index is 557. The summed E-state index contributed by atoms with van der Waals surface area (Å²) >= 11 is 0. The molecule has 2 rings (SSSR count). The fourth-order valence-electron chi connectivity index (χ4n) is 1.97. The summed E-state index contributed by atoms with van der Waals surface area (Å²) in [5.41, 5.74) is 2.48. The molecule has 4 heteroatoms. The highest BCUT2D eigenvalue weighted by atomic mass is 16.4. The number of hydrogen-bond acceptors (Lipinski definition) is 3. The van der Waals surface area contributed by atoms with Gasteiger partial charge in [-0.2, -0.15) is 0 Å². The monoisotopic (exact) mass is 259 g/mol. The highest BCUT2D eigenvalue weighted by Gasteiger charge is 2.16. The zero-order chi connectivity index (χ0) is 13.8. The first-order valence-corrected chi connectivity index (χ1v) is 6.23. The van der Waals surface area contributed by atoms with E-state index in [1.165, 1.54) is 17.9 Å². The third kappa shape index (κ3) is 2.96. The van der Waals surface area contributed by atoms with Gasteiger partial charge in [0, 0.05) is 12.2 Å². The number of carboxylic acid groups (broad SMARTS) is 1. The van der Waals surface area contributed by atoms with E-state index >= 15 is 0 Å². The average Bonchev–Trinajstić information content (AvgIpc) is 2.85. The highest BCUT2D eigenvalue weighted by Crippen LogP contribution is 2.20. The lowest BCUT2D eigenvalue weighted by molar-refractivity contribution is 0.0694. The largest absolute Gasteiger partial charge is 0.478 e. The Balaban J connectivity index is 2.21. The van der Waals surface area contributed by atoms with Crippen molar-refractivity contribution in [3.63, 3.8) is 0 Å². The molecular weight excluding hydrogens is 242 g/mol. The molecule has 0 atom stereocenters. The second-order valence-electron chi connectivity index (χ2n) is 4.41. The van der Waals surface area contributed by atoms with Gasteiger partial charge >= 0.3 is 5.97 Å². The normalized spacial score (nSPS) is 10.4. The number of nitrogens with zero attached hydrogens (tertiary/aromatic N) is 1. The first-order chi connectivity index (χ1) is 9.11. The molecule has 0 aliphatic carbocycles. The van der Waals surface area contributed by atoms with Crippen molar-refractivity contribution in [1.82, 2.24) is 0 Å². The smallest absolute Gasteiger partial charge is 0.339 e. The molecule has 2 aromatic rings. The van der Waals surface area contributed by atoms with Crippen LogP contribution in [-0.2, 0) is 6.54 Å². The number of anilines is 1. The maximum atomic E-state index is 11.1. The minimum absolute atomic E-state index is 0.227. The number of benzene rings is 1. The second kappa shape index (κ2) is 5.61. The van der Waals surface area contributed by atoms with E-state index in [0.29, 0.717) is 12.3 Å². The number of hydrogen-bond donors (Lipinski definition) is 1. The van der Waals surface area contributed by atoms with Crippen LogP contribution in [0.25, 0.3) is 0 Å². The molecule has 0 radical (unpaired) electrons. The molecule has 0 amide bonds. The average molecular weight is 259 g/mol. The van der Waals surface area contributed by atoms with Crippen molar-refractivity contribution in [2.24, 2.45) is 0 Å². The molecule has 0 fully saturated rings. The number of carboxylic acids is 1. The Labute approximate surface area is 112 Å². The molecule has 0 bridgehead atoms. The van der Waals surface area contributed by atoms with Crippen LogP contribution in [0.15, 0.2) is 41.0 Å². The van der Waals surface area contributed by atoms with Crippen LogP contribution < -0.4 is 4.90 Å². The van der Waals surface area contributed by atoms with Gasteiger partial charge in [0.15, 0.2) is 0 Å². The van der Waals surface area contributed by atoms with Gasteiger partial charge in [0.1, 0.15) is 11.3 Å². The van der Waals surface area contributed by atoms with Crippen LogP contribution in [0.2, 0.25) is 0 Å². The molecule has 0 unspecified atom stereocenters. The molecule has 0 saturated heterocycles. The summed E-state index contributed by atoms with van der Waals surface area (Å²) in [4.78, 5) is 13.1. The van der Waals surface area contributed by atoms with Crippen molar-refractivity contribution in [2.45, 2.75) is 20.4 Å². The van der Waals surface area contributed by atoms with Crippen molar-refractivity contribution in [2.75, 3.05) is 11.4 Å². The third-order valence-corrected chi connectivity index (χ3v) is 3.09. The first kappa shape index (κ1) is 13.2. The maximum Gasteiger partial charge on any atom is 0.339 e. The Kier molecular flexibility index (Phi) is 3.90. The summed E-state index contributed by atoms with van der Waals surface area (Å²) in [6.07, 6.45) is 1.42. The summed E-state index contributed by atoms with van der Waals surface area (Å²) in [5, 5.41) is 9.07. The van der Waals surface area contributed by atoms with Gasteiger partial charge < -0.3 is 14.4 Å². The van der Waals surface area contributed by atoms with Crippen LogP contribution in [0.5, 0.6) is 0 Å². The summed E-state index contributed by atoms with van der Waals surface area (Å²) in [7, 11) is 0. The predicted octanol–water partition coefficient (Wildman–Crippen LogP) is 3.31. The second-order valence-corrected chi connectivity index (χ2v) is 4.41. The van der Waals surface area contributed by atoms with Crippen LogP contribution in [0.1, 0.15) is 28.6 Å². The van der Waals surface area contributed by atoms with E-state index in [4.69, 9.17) is 9.52 Å². The zero-order valence-corrected chi connectivity index (χ0v) is 11.1. The third-order valence-electron chi connectivity index (χ3n) is 3.09. The molecule has 1 aromatic heterocycles. The highest BCUT2D eigenvalue weighted by molar-refractivity contribution is 5.88. The van der Waals surface area contributed by atoms with Gasteiger partial charge in [-0.1, -0.05) is 17.7 Å². The summed E-state index contributed by atoms with van der Waals surface area (Å²) in [6, 6.07) is 9.63. The molecule has 1 heterocycles. The lowest BCUT2D eigenvalue weighted by atomic mass is 10.2. The molecule has 0 aliphatic rings. The van der Waals surface area contributed by atoms with E-state index < -0.39 is 5.97 Å². The van der Waals surface area contributed by atoms with E-state index in [1.54, 1.807) is 0 Å². The van der Waals surface area contributed by atoms with Crippen LogP contribution in [0, 0.1) is 6.92 Å². The van der Waals surface area contributed by atoms with E-state index in [9.17, 15) is 4.79 Å². The van der Waals surface area contributed by atoms with Gasteiger partial charge in [-0.3, -0.25) is 0 Å². The summed E-state index contributed by atoms with van der Waals surface area (Å²) in [5.74, 6) is -0.473. The van der Waals surface area contributed by atoms with Gasteiger partial charge in [0.05, 0.1) is 12.8 Å². The van der Waals surface area contributed by atoms with Gasteiger partial charge in [-0.05, 0) is 32.0 Å². The van der Waals surface area contributed by atoms with E-state index in [1.807, 2.05) is 38.1 Å². The molecule has 1 N–H and O–H groups in total. The van der Waals surface area contributed by atoms with E-state index in [2.05, 4.69) is 4.90 Å². The van der Waals surface area contributed by atoms with Crippen LogP contribution in [0.3, 0.4) is 0 Å². The van der Waals surface area contributed by atoms with E-state index in [-0.39, 0.29) is 5.56 Å². The van der Waals surface area contributed by atoms with Gasteiger partial charge in [-0.25, -0.2) is 4.79 Å². The lowest BCUT2D eigenvalue weighted by Gasteiger charge is -2.22. The molecule has 0 spiro atoms. The Hall–Kier alpha value is -2.23. The molecular formula is C15H17NO3. The Morgan fingerprint density at radius 1 is 1.26 bits per heavy atom. The topological polar surface area (TPSA) is 53.7 Å². The summed E-state index contributed by atoms with van der Waals surface area (Å²) < 4.78 is 5.28. The van der Waals surface area contributed by atoms with Crippen molar-refractivity contribution >= 4 is 11.7 Å². The first-order valence-electron chi connectivity index (χ1n) is 6.23. The predicted molar refractivity (Wildman–Crippen MR) is 73.6 cm³/mol. The quantitative estimate of drug-likeness (QED) is 0.895.